The number of nitro groups is 1. The molecule has 3 rings (SSSR count). The Morgan fingerprint density at radius 2 is 2.08 bits per heavy atom. The van der Waals surface area contributed by atoms with Gasteiger partial charge < -0.3 is 5.32 Å². The van der Waals surface area contributed by atoms with Crippen LogP contribution >= 0.6 is 0 Å². The molecule has 1 amide bonds. The van der Waals surface area contributed by atoms with Gasteiger partial charge in [0, 0.05) is 35.9 Å². The van der Waals surface area contributed by atoms with Crippen molar-refractivity contribution in [2.75, 3.05) is 5.32 Å². The van der Waals surface area contributed by atoms with Crippen molar-refractivity contribution in [3.8, 4) is 0 Å². The lowest BCUT2D eigenvalue weighted by Crippen LogP contribution is -2.29. The van der Waals surface area contributed by atoms with E-state index in [1.807, 2.05) is 0 Å². The molecule has 0 spiro atoms. The largest absolute Gasteiger partial charge is 0.322 e. The van der Waals surface area contributed by atoms with Gasteiger partial charge in [0.05, 0.1) is 4.92 Å². The molecule has 0 saturated carbocycles. The fraction of sp³-hybridized carbons (Fsp3) is 0.167. The monoisotopic (exact) mass is 352 g/mol. The molecule has 0 aliphatic rings. The van der Waals surface area contributed by atoms with Gasteiger partial charge in [0.1, 0.15) is 11.2 Å². The minimum absolute atomic E-state index is 0.00916. The maximum Gasteiger partial charge on any atom is 0.269 e. The number of fused-ring (bicyclic) bond motifs is 1. The molecule has 0 atom stereocenters. The second-order valence-electron chi connectivity index (χ2n) is 5.73. The van der Waals surface area contributed by atoms with Crippen LogP contribution in [0.15, 0.2) is 47.4 Å². The average Bonchev–Trinajstić information content (AvgIpc) is 2.62. The normalized spacial score (nSPS) is 10.7. The highest BCUT2D eigenvalue weighted by molar-refractivity contribution is 6.06. The number of hydrogen-bond acceptors (Lipinski definition) is 5. The zero-order valence-corrected chi connectivity index (χ0v) is 14.2. The summed E-state index contributed by atoms with van der Waals surface area (Å²) in [6.07, 6.45) is 1.59. The minimum Gasteiger partial charge on any atom is -0.322 e. The van der Waals surface area contributed by atoms with Crippen LogP contribution in [0.2, 0.25) is 0 Å². The summed E-state index contributed by atoms with van der Waals surface area (Å²) >= 11 is 0. The number of carbonyl (C=O) groups excluding carboxylic acids is 1. The average molecular weight is 352 g/mol. The zero-order chi connectivity index (χ0) is 18.8. The lowest BCUT2D eigenvalue weighted by atomic mass is 10.1. The Balaban J connectivity index is 2.02. The number of rotatable bonds is 4. The van der Waals surface area contributed by atoms with E-state index in [9.17, 15) is 19.7 Å². The van der Waals surface area contributed by atoms with Crippen molar-refractivity contribution in [2.24, 2.45) is 0 Å². The summed E-state index contributed by atoms with van der Waals surface area (Å²) in [5, 5.41) is 14.2. The van der Waals surface area contributed by atoms with Crippen molar-refractivity contribution >= 4 is 28.3 Å². The lowest BCUT2D eigenvalue weighted by molar-refractivity contribution is -0.384. The minimum atomic E-state index is -0.570. The predicted molar refractivity (Wildman–Crippen MR) is 97.5 cm³/mol. The van der Waals surface area contributed by atoms with E-state index in [4.69, 9.17) is 0 Å². The molecule has 2 aromatic heterocycles. The van der Waals surface area contributed by atoms with Crippen molar-refractivity contribution in [2.45, 2.75) is 20.4 Å². The SMILES string of the molecule is CCn1c(=O)c(C(=O)Nc2ccc([N+](=O)[O-])cc2C)cc2cccnc21. The van der Waals surface area contributed by atoms with Gasteiger partial charge in [-0.15, -0.1) is 0 Å². The van der Waals surface area contributed by atoms with Crippen molar-refractivity contribution in [3.63, 3.8) is 0 Å². The molecule has 8 nitrogen and oxygen atoms in total. The first-order valence-electron chi connectivity index (χ1n) is 7.97. The molecular formula is C18H16N4O4. The standard InChI is InChI=1S/C18H16N4O4/c1-3-21-16-12(5-4-8-19-16)10-14(18(21)24)17(23)20-15-7-6-13(22(25)26)9-11(15)2/h4-10H,3H2,1-2H3,(H,20,23). The van der Waals surface area contributed by atoms with Crippen LogP contribution < -0.4 is 10.9 Å². The molecule has 0 aliphatic carbocycles. The molecule has 8 heteroatoms. The number of amides is 1. The number of hydrogen-bond donors (Lipinski definition) is 1. The van der Waals surface area contributed by atoms with Crippen molar-refractivity contribution in [3.05, 3.63) is 74.2 Å². The number of nitrogens with zero attached hydrogens (tertiary/aromatic N) is 3. The number of anilines is 1. The Morgan fingerprint density at radius 1 is 1.31 bits per heavy atom. The van der Waals surface area contributed by atoms with Gasteiger partial charge in [0.25, 0.3) is 17.2 Å². The van der Waals surface area contributed by atoms with Gasteiger partial charge >= 0.3 is 0 Å². The number of aryl methyl sites for hydroxylation is 2. The molecule has 3 aromatic rings. The third-order valence-electron chi connectivity index (χ3n) is 4.08. The number of nitro benzene ring substituents is 1. The molecule has 0 unspecified atom stereocenters. The molecule has 0 fully saturated rings. The van der Waals surface area contributed by atoms with Gasteiger partial charge in [0.15, 0.2) is 0 Å². The Labute approximate surface area is 148 Å². The van der Waals surface area contributed by atoms with Gasteiger partial charge in [-0.25, -0.2) is 4.98 Å². The van der Waals surface area contributed by atoms with Crippen LogP contribution in [0.4, 0.5) is 11.4 Å². The van der Waals surface area contributed by atoms with E-state index in [1.54, 1.807) is 32.2 Å². The highest BCUT2D eigenvalue weighted by atomic mass is 16.6. The molecule has 2 heterocycles. The molecule has 0 aliphatic heterocycles. The Kier molecular flexibility index (Phi) is 4.49. The van der Waals surface area contributed by atoms with E-state index in [1.165, 1.54) is 28.8 Å². The van der Waals surface area contributed by atoms with Gasteiger partial charge in [-0.05, 0) is 43.7 Å². The highest BCUT2D eigenvalue weighted by Crippen LogP contribution is 2.22. The summed E-state index contributed by atoms with van der Waals surface area (Å²) in [5.41, 5.74) is 0.953. The number of carbonyl (C=O) groups is 1. The first-order valence-corrected chi connectivity index (χ1v) is 7.97. The van der Waals surface area contributed by atoms with Crippen molar-refractivity contribution < 1.29 is 9.72 Å². The maximum atomic E-state index is 12.6. The molecule has 26 heavy (non-hydrogen) atoms. The van der Waals surface area contributed by atoms with Crippen LogP contribution in [0, 0.1) is 17.0 Å². The maximum absolute atomic E-state index is 12.6. The van der Waals surface area contributed by atoms with E-state index in [-0.39, 0.29) is 11.3 Å². The molecule has 0 radical (unpaired) electrons. The van der Waals surface area contributed by atoms with Crippen LogP contribution in [0.3, 0.4) is 0 Å². The van der Waals surface area contributed by atoms with Crippen LogP contribution in [0.1, 0.15) is 22.8 Å². The second-order valence-corrected chi connectivity index (χ2v) is 5.73. The molecule has 0 bridgehead atoms. The van der Waals surface area contributed by atoms with Gasteiger partial charge in [-0.3, -0.25) is 24.3 Å². The van der Waals surface area contributed by atoms with Gasteiger partial charge in [-0.1, -0.05) is 0 Å². The molecule has 1 N–H and O–H groups in total. The fourth-order valence-corrected chi connectivity index (χ4v) is 2.75. The Morgan fingerprint density at radius 3 is 2.73 bits per heavy atom. The van der Waals surface area contributed by atoms with Gasteiger partial charge in [0.2, 0.25) is 0 Å². The van der Waals surface area contributed by atoms with Crippen LogP contribution in [-0.4, -0.2) is 20.4 Å². The summed E-state index contributed by atoms with van der Waals surface area (Å²) in [6, 6.07) is 9.14. The van der Waals surface area contributed by atoms with Crippen LogP contribution in [0.5, 0.6) is 0 Å². The van der Waals surface area contributed by atoms with Crippen LogP contribution in [-0.2, 0) is 6.54 Å². The Hall–Kier alpha value is -3.55. The van der Waals surface area contributed by atoms with Crippen LogP contribution in [0.25, 0.3) is 11.0 Å². The zero-order valence-electron chi connectivity index (χ0n) is 14.2. The smallest absolute Gasteiger partial charge is 0.269 e. The topological polar surface area (TPSA) is 107 Å². The van der Waals surface area contributed by atoms with Gasteiger partial charge in [-0.2, -0.15) is 0 Å². The predicted octanol–water partition coefficient (Wildman–Crippen LogP) is 2.89. The number of benzene rings is 1. The summed E-state index contributed by atoms with van der Waals surface area (Å²) in [6.45, 7) is 3.83. The molecule has 0 saturated heterocycles. The van der Waals surface area contributed by atoms with Crippen molar-refractivity contribution in [1.29, 1.82) is 0 Å². The molecular weight excluding hydrogens is 336 g/mol. The van der Waals surface area contributed by atoms with E-state index >= 15 is 0 Å². The number of aromatic nitrogens is 2. The number of pyridine rings is 2. The Bertz CT molecular complexity index is 1090. The second kappa shape index (κ2) is 6.75. The summed E-state index contributed by atoms with van der Waals surface area (Å²) < 4.78 is 1.44. The first kappa shape index (κ1) is 17.3. The number of non-ortho nitro benzene ring substituents is 1. The van der Waals surface area contributed by atoms with E-state index < -0.39 is 16.4 Å². The number of nitrogens with one attached hydrogen (secondary N) is 1. The van der Waals surface area contributed by atoms with Crippen molar-refractivity contribution in [1.82, 2.24) is 9.55 Å². The van der Waals surface area contributed by atoms with E-state index in [0.717, 1.165) is 0 Å². The summed E-state index contributed by atoms with van der Waals surface area (Å²) in [7, 11) is 0. The summed E-state index contributed by atoms with van der Waals surface area (Å²) in [5.74, 6) is -0.570. The third kappa shape index (κ3) is 3.04. The van der Waals surface area contributed by atoms with E-state index in [2.05, 4.69) is 10.3 Å². The molecule has 1 aromatic carbocycles. The van der Waals surface area contributed by atoms with E-state index in [0.29, 0.717) is 28.8 Å². The lowest BCUT2D eigenvalue weighted by Gasteiger charge is -2.11. The first-order chi connectivity index (χ1) is 12.4. The highest BCUT2D eigenvalue weighted by Gasteiger charge is 2.17. The summed E-state index contributed by atoms with van der Waals surface area (Å²) in [4.78, 5) is 39.8. The third-order valence-corrected chi connectivity index (χ3v) is 4.08. The quantitative estimate of drug-likeness (QED) is 0.574. The fourth-order valence-electron chi connectivity index (χ4n) is 2.75. The molecule has 132 valence electrons.